The Morgan fingerprint density at radius 3 is 2.55 bits per heavy atom. The second kappa shape index (κ2) is 7.94. The highest BCUT2D eigenvalue weighted by Gasteiger charge is 2.28. The third-order valence-electron chi connectivity index (χ3n) is 2.75. The molecule has 1 heterocycles. The average Bonchev–Trinajstić information content (AvgIpc) is 2.43. The number of rotatable bonds is 7. The van der Waals surface area contributed by atoms with Crippen LogP contribution in [-0.2, 0) is 11.4 Å². The maximum atomic E-state index is 12.2. The van der Waals surface area contributed by atoms with Crippen LogP contribution in [0.4, 0.5) is 8.78 Å². The van der Waals surface area contributed by atoms with Gasteiger partial charge in [-0.1, -0.05) is 0 Å². The van der Waals surface area contributed by atoms with Crippen molar-refractivity contribution in [3.05, 3.63) is 17.8 Å². The van der Waals surface area contributed by atoms with E-state index in [0.717, 1.165) is 5.56 Å². The summed E-state index contributed by atoms with van der Waals surface area (Å²) in [6.07, 6.45) is -1.10. The van der Waals surface area contributed by atoms with Crippen molar-refractivity contribution in [1.29, 1.82) is 0 Å². The molecule has 0 aliphatic carbocycles. The molecule has 1 aromatic rings. The third-order valence-corrected chi connectivity index (χ3v) is 4.43. The fourth-order valence-electron chi connectivity index (χ4n) is 1.49. The summed E-state index contributed by atoms with van der Waals surface area (Å²) in [7, 11) is 1.40. The van der Waals surface area contributed by atoms with Crippen molar-refractivity contribution in [3.8, 4) is 11.6 Å². The predicted octanol–water partition coefficient (Wildman–Crippen LogP) is 2.85. The summed E-state index contributed by atoms with van der Waals surface area (Å²) in [5.74, 6) is 0.268. The Labute approximate surface area is 132 Å². The van der Waals surface area contributed by atoms with E-state index >= 15 is 0 Å². The first kappa shape index (κ1) is 18.9. The van der Waals surface area contributed by atoms with Gasteiger partial charge in [-0.15, -0.1) is 4.72 Å². The summed E-state index contributed by atoms with van der Waals surface area (Å²) in [5, 5.41) is 0. The minimum atomic E-state index is -2.58. The number of nitrogens with zero attached hydrogens (tertiary/aromatic N) is 1. The van der Waals surface area contributed by atoms with Gasteiger partial charge in [-0.25, -0.2) is 13.8 Å². The molecular formula is C14H22F2N2O3S. The van der Waals surface area contributed by atoms with Crippen LogP contribution in [0.5, 0.6) is 11.6 Å². The van der Waals surface area contributed by atoms with Crippen molar-refractivity contribution >= 4 is 11.4 Å². The molecule has 0 saturated heterocycles. The number of alkyl halides is 2. The number of pyridine rings is 1. The van der Waals surface area contributed by atoms with E-state index in [1.165, 1.54) is 13.3 Å². The van der Waals surface area contributed by atoms with Gasteiger partial charge in [0.2, 0.25) is 0 Å². The lowest BCUT2D eigenvalue weighted by molar-refractivity contribution is 0.0779. The molecular weight excluding hydrogens is 314 g/mol. The Kier molecular flexibility index (Phi) is 6.83. The summed E-state index contributed by atoms with van der Waals surface area (Å²) in [5.41, 5.74) is 0.721. The van der Waals surface area contributed by atoms with Gasteiger partial charge in [-0.3, -0.25) is 0 Å². The number of hydrogen-bond donors (Lipinski definition) is 1. The van der Waals surface area contributed by atoms with Crippen LogP contribution in [0.1, 0.15) is 39.3 Å². The third kappa shape index (κ3) is 5.58. The predicted molar refractivity (Wildman–Crippen MR) is 81.7 cm³/mol. The Hall–Kier alpha value is -1.12. The molecule has 0 bridgehead atoms. The van der Waals surface area contributed by atoms with Crippen LogP contribution >= 0.6 is 0 Å². The van der Waals surface area contributed by atoms with E-state index in [4.69, 9.17) is 9.47 Å². The van der Waals surface area contributed by atoms with Gasteiger partial charge in [0.1, 0.15) is 4.75 Å². The SMILES string of the molecule is COc1cc(C(C)N[S@+]([O-])C(C)(C)C)cnc1OCC(F)F. The monoisotopic (exact) mass is 336 g/mol. The van der Waals surface area contributed by atoms with Crippen LogP contribution in [0.25, 0.3) is 0 Å². The second-order valence-corrected chi connectivity index (χ2v) is 7.70. The summed E-state index contributed by atoms with van der Waals surface area (Å²) >= 11 is -1.24. The smallest absolute Gasteiger partial charge is 0.272 e. The molecule has 0 radical (unpaired) electrons. The van der Waals surface area contributed by atoms with E-state index in [2.05, 4.69) is 9.71 Å². The molecule has 5 nitrogen and oxygen atoms in total. The maximum Gasteiger partial charge on any atom is 0.272 e. The van der Waals surface area contributed by atoms with Crippen molar-refractivity contribution in [1.82, 2.24) is 9.71 Å². The largest absolute Gasteiger partial charge is 0.598 e. The number of aromatic nitrogens is 1. The Morgan fingerprint density at radius 2 is 2.05 bits per heavy atom. The number of hydrogen-bond acceptors (Lipinski definition) is 5. The van der Waals surface area contributed by atoms with E-state index in [1.54, 1.807) is 6.07 Å². The summed E-state index contributed by atoms with van der Waals surface area (Å²) < 4.78 is 49.0. The zero-order valence-corrected chi connectivity index (χ0v) is 14.2. The standard InChI is InChI=1S/C14H22F2N2O3S/c1-9(18-22(19)14(2,3)4)10-6-11(20-5)13(17-7-10)21-8-12(15)16/h6-7,9,12,18H,8H2,1-5H3/t9?,22-/m1/s1. The van der Waals surface area contributed by atoms with Gasteiger partial charge >= 0.3 is 0 Å². The molecule has 8 heteroatoms. The van der Waals surface area contributed by atoms with Crippen LogP contribution in [0, 0.1) is 0 Å². The van der Waals surface area contributed by atoms with Crippen molar-refractivity contribution in [2.45, 2.75) is 44.9 Å². The van der Waals surface area contributed by atoms with Gasteiger partial charge < -0.3 is 14.0 Å². The van der Waals surface area contributed by atoms with Crippen LogP contribution in [-0.4, -0.2) is 34.4 Å². The van der Waals surface area contributed by atoms with Gasteiger partial charge in [0, 0.05) is 17.6 Å². The molecule has 0 aromatic carbocycles. The van der Waals surface area contributed by atoms with Gasteiger partial charge in [-0.2, -0.15) is 0 Å². The molecule has 0 fully saturated rings. The maximum absolute atomic E-state index is 12.2. The molecule has 0 amide bonds. The summed E-state index contributed by atoms with van der Waals surface area (Å²) in [6, 6.07) is 1.39. The first-order valence-electron chi connectivity index (χ1n) is 6.78. The quantitative estimate of drug-likeness (QED) is 0.776. The number of nitrogens with one attached hydrogen (secondary N) is 1. The molecule has 1 unspecified atom stereocenters. The molecule has 1 N–H and O–H groups in total. The van der Waals surface area contributed by atoms with E-state index < -0.39 is 29.1 Å². The number of halogens is 2. The first-order chi connectivity index (χ1) is 10.1. The molecule has 0 aliphatic rings. The van der Waals surface area contributed by atoms with Gasteiger partial charge in [0.25, 0.3) is 12.3 Å². The Bertz CT molecular complexity index is 484. The molecule has 0 aliphatic heterocycles. The fourth-order valence-corrected chi connectivity index (χ4v) is 2.30. The average molecular weight is 336 g/mol. The molecule has 0 spiro atoms. The summed E-state index contributed by atoms with van der Waals surface area (Å²) in [4.78, 5) is 3.99. The highest BCUT2D eigenvalue weighted by atomic mass is 32.2. The van der Waals surface area contributed by atoms with Crippen molar-refractivity contribution in [3.63, 3.8) is 0 Å². The lowest BCUT2D eigenvalue weighted by Gasteiger charge is -2.26. The topological polar surface area (TPSA) is 66.4 Å². The van der Waals surface area contributed by atoms with Crippen molar-refractivity contribution < 1.29 is 22.8 Å². The molecule has 2 atom stereocenters. The fraction of sp³-hybridized carbons (Fsp3) is 0.643. The van der Waals surface area contributed by atoms with Crippen LogP contribution in [0.2, 0.25) is 0 Å². The van der Waals surface area contributed by atoms with Gasteiger partial charge in [-0.05, 0) is 39.3 Å². The minimum Gasteiger partial charge on any atom is -0.598 e. The minimum absolute atomic E-state index is 0.00990. The number of ether oxygens (including phenoxy) is 2. The zero-order valence-electron chi connectivity index (χ0n) is 13.4. The molecule has 22 heavy (non-hydrogen) atoms. The highest BCUT2D eigenvalue weighted by molar-refractivity contribution is 7.90. The lowest BCUT2D eigenvalue weighted by atomic mass is 10.1. The number of methoxy groups -OCH3 is 1. The van der Waals surface area contributed by atoms with E-state index in [9.17, 15) is 13.3 Å². The normalized spacial score (nSPS) is 14.8. The lowest BCUT2D eigenvalue weighted by Crippen LogP contribution is -2.40. The molecule has 0 saturated carbocycles. The van der Waals surface area contributed by atoms with Crippen LogP contribution in [0.3, 0.4) is 0 Å². The zero-order chi connectivity index (χ0) is 16.9. The summed E-state index contributed by atoms with van der Waals surface area (Å²) in [6.45, 7) is 6.68. The van der Waals surface area contributed by atoms with Crippen LogP contribution < -0.4 is 14.2 Å². The highest BCUT2D eigenvalue weighted by Crippen LogP contribution is 2.28. The van der Waals surface area contributed by atoms with Gasteiger partial charge in [0.05, 0.1) is 13.2 Å². The molecule has 1 aromatic heterocycles. The second-order valence-electron chi connectivity index (χ2n) is 5.70. The first-order valence-corrected chi connectivity index (χ1v) is 7.93. The van der Waals surface area contributed by atoms with E-state index in [-0.39, 0.29) is 17.7 Å². The van der Waals surface area contributed by atoms with Crippen molar-refractivity contribution in [2.75, 3.05) is 13.7 Å². The molecule has 126 valence electrons. The Balaban J connectivity index is 2.83. The van der Waals surface area contributed by atoms with Crippen LogP contribution in [0.15, 0.2) is 12.3 Å². The molecule has 1 rings (SSSR count). The van der Waals surface area contributed by atoms with E-state index in [0.29, 0.717) is 0 Å². The van der Waals surface area contributed by atoms with E-state index in [1.807, 2.05) is 27.7 Å². The van der Waals surface area contributed by atoms with Gasteiger partial charge in [0.15, 0.2) is 12.4 Å². The van der Waals surface area contributed by atoms with Crippen molar-refractivity contribution in [2.24, 2.45) is 0 Å². The Morgan fingerprint density at radius 1 is 1.41 bits per heavy atom.